The van der Waals surface area contributed by atoms with Gasteiger partial charge in [-0.05, 0) is 32.3 Å². The molecule has 0 spiro atoms. The van der Waals surface area contributed by atoms with Gasteiger partial charge >= 0.3 is 0 Å². The van der Waals surface area contributed by atoms with Crippen LogP contribution in [0.4, 0.5) is 0 Å². The fourth-order valence-electron chi connectivity index (χ4n) is 2.98. The number of nitrogens with zero attached hydrogens (tertiary/aromatic N) is 2. The van der Waals surface area contributed by atoms with Crippen LogP contribution >= 0.6 is 0 Å². The van der Waals surface area contributed by atoms with Crippen LogP contribution in [0.15, 0.2) is 36.5 Å². The molecule has 1 aromatic heterocycles. The maximum Gasteiger partial charge on any atom is 0.139 e. The van der Waals surface area contributed by atoms with Gasteiger partial charge in [-0.3, -0.25) is 0 Å². The summed E-state index contributed by atoms with van der Waals surface area (Å²) in [5, 5.41) is 9.75. The Labute approximate surface area is 127 Å². The fourth-order valence-corrected chi connectivity index (χ4v) is 2.98. The van der Waals surface area contributed by atoms with Crippen molar-refractivity contribution in [2.75, 3.05) is 0 Å². The summed E-state index contributed by atoms with van der Waals surface area (Å²) in [6.07, 6.45) is 3.13. The lowest BCUT2D eigenvalue weighted by molar-refractivity contribution is 0.197. The summed E-state index contributed by atoms with van der Waals surface area (Å²) < 4.78 is 0. The van der Waals surface area contributed by atoms with Crippen LogP contribution in [0.25, 0.3) is 0 Å². The quantitative estimate of drug-likeness (QED) is 0.904. The van der Waals surface area contributed by atoms with Gasteiger partial charge in [0.25, 0.3) is 0 Å². The topological polar surface area (TPSA) is 46.0 Å². The van der Waals surface area contributed by atoms with Crippen LogP contribution in [0.2, 0.25) is 0 Å². The zero-order valence-electron chi connectivity index (χ0n) is 13.3. The van der Waals surface area contributed by atoms with Gasteiger partial charge in [-0.1, -0.05) is 44.2 Å². The van der Waals surface area contributed by atoms with E-state index < -0.39 is 6.10 Å². The lowest BCUT2D eigenvalue weighted by atomic mass is 9.75. The van der Waals surface area contributed by atoms with E-state index in [1.54, 1.807) is 13.1 Å². The molecule has 1 aromatic carbocycles. The molecular weight excluding hydrogens is 260 g/mol. The maximum absolute atomic E-state index is 9.75. The van der Waals surface area contributed by atoms with E-state index in [9.17, 15) is 5.11 Å². The van der Waals surface area contributed by atoms with E-state index in [0.717, 1.165) is 29.9 Å². The smallest absolute Gasteiger partial charge is 0.139 e. The SMILES string of the molecule is CCC(CC)(c1ccccc1)c1ncc(C(C)O)c(C)n1. The van der Waals surface area contributed by atoms with Crippen molar-refractivity contribution in [2.24, 2.45) is 0 Å². The molecule has 0 radical (unpaired) electrons. The first kappa shape index (κ1) is 15.6. The van der Waals surface area contributed by atoms with Crippen molar-refractivity contribution >= 4 is 0 Å². The molecule has 0 aliphatic heterocycles. The van der Waals surface area contributed by atoms with Crippen molar-refractivity contribution in [1.82, 2.24) is 9.97 Å². The summed E-state index contributed by atoms with van der Waals surface area (Å²) in [5.41, 5.74) is 2.74. The number of hydrogen-bond donors (Lipinski definition) is 1. The summed E-state index contributed by atoms with van der Waals surface area (Å²) in [6, 6.07) is 10.4. The van der Waals surface area contributed by atoms with Gasteiger partial charge in [0.1, 0.15) is 5.82 Å². The third-order valence-electron chi connectivity index (χ3n) is 4.43. The van der Waals surface area contributed by atoms with Gasteiger partial charge < -0.3 is 5.11 Å². The summed E-state index contributed by atoms with van der Waals surface area (Å²) in [4.78, 5) is 9.29. The second-order valence-electron chi connectivity index (χ2n) is 5.57. The van der Waals surface area contributed by atoms with Crippen LogP contribution in [0.3, 0.4) is 0 Å². The number of aryl methyl sites for hydroxylation is 1. The lowest BCUT2D eigenvalue weighted by Gasteiger charge is -2.31. The Kier molecular flexibility index (Phi) is 4.73. The van der Waals surface area contributed by atoms with Crippen LogP contribution in [0.1, 0.15) is 62.4 Å². The first-order chi connectivity index (χ1) is 10.0. The van der Waals surface area contributed by atoms with Crippen molar-refractivity contribution in [3.63, 3.8) is 0 Å². The molecule has 21 heavy (non-hydrogen) atoms. The highest BCUT2D eigenvalue weighted by molar-refractivity contribution is 5.34. The van der Waals surface area contributed by atoms with Gasteiger partial charge in [-0.15, -0.1) is 0 Å². The van der Waals surface area contributed by atoms with Gasteiger partial charge in [0.15, 0.2) is 0 Å². The predicted molar refractivity (Wildman–Crippen MR) is 85.2 cm³/mol. The molecule has 3 heteroatoms. The van der Waals surface area contributed by atoms with E-state index in [0.29, 0.717) is 0 Å². The lowest BCUT2D eigenvalue weighted by Crippen LogP contribution is -2.29. The summed E-state index contributed by atoms with van der Waals surface area (Å²) >= 11 is 0. The normalized spacial score (nSPS) is 13.2. The molecule has 112 valence electrons. The average molecular weight is 284 g/mol. The molecule has 0 saturated heterocycles. The molecular formula is C18H24N2O. The van der Waals surface area contributed by atoms with Gasteiger partial charge in [0.05, 0.1) is 11.5 Å². The Balaban J connectivity index is 2.56. The Bertz CT molecular complexity index is 589. The summed E-state index contributed by atoms with van der Waals surface area (Å²) in [7, 11) is 0. The fraction of sp³-hybridized carbons (Fsp3) is 0.444. The molecule has 0 aliphatic rings. The van der Waals surface area contributed by atoms with Gasteiger partial charge in [-0.2, -0.15) is 0 Å². The molecule has 0 aliphatic carbocycles. The highest BCUT2D eigenvalue weighted by atomic mass is 16.3. The molecule has 1 heterocycles. The molecule has 1 N–H and O–H groups in total. The Morgan fingerprint density at radius 2 is 1.76 bits per heavy atom. The first-order valence-electron chi connectivity index (χ1n) is 7.62. The molecule has 1 atom stereocenters. The summed E-state index contributed by atoms with van der Waals surface area (Å²) in [5.74, 6) is 0.848. The predicted octanol–water partition coefficient (Wildman–Crippen LogP) is 3.94. The Morgan fingerprint density at radius 1 is 1.14 bits per heavy atom. The Morgan fingerprint density at radius 3 is 2.24 bits per heavy atom. The average Bonchev–Trinajstić information content (AvgIpc) is 2.50. The number of aliphatic hydroxyl groups is 1. The number of hydrogen-bond acceptors (Lipinski definition) is 3. The molecule has 0 saturated carbocycles. The van der Waals surface area contributed by atoms with Crippen molar-refractivity contribution in [2.45, 2.75) is 52.1 Å². The van der Waals surface area contributed by atoms with Crippen molar-refractivity contribution in [3.8, 4) is 0 Å². The van der Waals surface area contributed by atoms with E-state index >= 15 is 0 Å². The second kappa shape index (κ2) is 6.35. The zero-order chi connectivity index (χ0) is 15.5. The van der Waals surface area contributed by atoms with E-state index in [-0.39, 0.29) is 5.41 Å². The van der Waals surface area contributed by atoms with Gasteiger partial charge in [-0.25, -0.2) is 9.97 Å². The second-order valence-corrected chi connectivity index (χ2v) is 5.57. The van der Waals surface area contributed by atoms with E-state index in [1.807, 2.05) is 13.0 Å². The maximum atomic E-state index is 9.75. The number of aromatic nitrogens is 2. The van der Waals surface area contributed by atoms with Gasteiger partial charge in [0, 0.05) is 17.5 Å². The van der Waals surface area contributed by atoms with Crippen LogP contribution < -0.4 is 0 Å². The van der Waals surface area contributed by atoms with Crippen LogP contribution in [-0.4, -0.2) is 15.1 Å². The highest BCUT2D eigenvalue weighted by Gasteiger charge is 2.33. The highest BCUT2D eigenvalue weighted by Crippen LogP contribution is 2.37. The number of aliphatic hydroxyl groups excluding tert-OH is 1. The molecule has 2 aromatic rings. The van der Waals surface area contributed by atoms with Crippen molar-refractivity contribution in [3.05, 3.63) is 59.2 Å². The van der Waals surface area contributed by atoms with Crippen LogP contribution in [-0.2, 0) is 5.41 Å². The largest absolute Gasteiger partial charge is 0.389 e. The van der Waals surface area contributed by atoms with Crippen LogP contribution in [0, 0.1) is 6.92 Å². The molecule has 2 rings (SSSR count). The molecule has 3 nitrogen and oxygen atoms in total. The van der Waals surface area contributed by atoms with E-state index in [2.05, 4.69) is 43.1 Å². The first-order valence-corrected chi connectivity index (χ1v) is 7.62. The molecule has 1 unspecified atom stereocenters. The van der Waals surface area contributed by atoms with Gasteiger partial charge in [0.2, 0.25) is 0 Å². The molecule has 0 fully saturated rings. The van der Waals surface area contributed by atoms with Crippen molar-refractivity contribution in [1.29, 1.82) is 0 Å². The number of rotatable bonds is 5. The van der Waals surface area contributed by atoms with Crippen molar-refractivity contribution < 1.29 is 5.11 Å². The monoisotopic (exact) mass is 284 g/mol. The molecule has 0 bridgehead atoms. The third-order valence-corrected chi connectivity index (χ3v) is 4.43. The van der Waals surface area contributed by atoms with E-state index in [1.165, 1.54) is 5.56 Å². The minimum Gasteiger partial charge on any atom is -0.389 e. The standard InChI is InChI=1S/C18H24N2O/c1-5-18(6-2,15-10-8-7-9-11-15)17-19-12-16(14(4)21)13(3)20-17/h7-12,14,21H,5-6H2,1-4H3. The third kappa shape index (κ3) is 2.84. The number of benzene rings is 1. The Hall–Kier alpha value is -1.74. The van der Waals surface area contributed by atoms with E-state index in [4.69, 9.17) is 4.98 Å². The minimum atomic E-state index is -0.534. The van der Waals surface area contributed by atoms with Crippen LogP contribution in [0.5, 0.6) is 0 Å². The summed E-state index contributed by atoms with van der Waals surface area (Å²) in [6.45, 7) is 8.04. The zero-order valence-corrected chi connectivity index (χ0v) is 13.3. The minimum absolute atomic E-state index is 0.163. The molecule has 0 amide bonds.